The Labute approximate surface area is 178 Å². The van der Waals surface area contributed by atoms with Crippen molar-refractivity contribution in [3.63, 3.8) is 0 Å². The maximum absolute atomic E-state index is 12.8. The van der Waals surface area contributed by atoms with E-state index in [2.05, 4.69) is 25.5 Å². The fourth-order valence-corrected chi connectivity index (χ4v) is 3.84. The topological polar surface area (TPSA) is 90.5 Å². The first kappa shape index (κ1) is 19.8. The lowest BCUT2D eigenvalue weighted by molar-refractivity contribution is -0.119. The monoisotopic (exact) mass is 419 g/mol. The first-order valence-electron chi connectivity index (χ1n) is 9.37. The lowest BCUT2D eigenvalue weighted by Gasteiger charge is -2.19. The molecule has 1 atom stereocenters. The Kier molecular flexibility index (Phi) is 5.89. The van der Waals surface area contributed by atoms with Crippen molar-refractivity contribution in [2.24, 2.45) is 14.1 Å². The Morgan fingerprint density at radius 3 is 2.63 bits per heavy atom. The predicted molar refractivity (Wildman–Crippen MR) is 115 cm³/mol. The van der Waals surface area contributed by atoms with Gasteiger partial charge in [-0.15, -0.1) is 10.2 Å². The lowest BCUT2D eigenvalue weighted by Crippen LogP contribution is -2.32. The number of hydrogen-bond donors (Lipinski definition) is 1. The first-order chi connectivity index (χ1) is 14.6. The second-order valence-electron chi connectivity index (χ2n) is 6.70. The van der Waals surface area contributed by atoms with Crippen LogP contribution in [0.15, 0.2) is 72.4 Å². The van der Waals surface area contributed by atoms with Crippen LogP contribution in [-0.2, 0) is 18.9 Å². The van der Waals surface area contributed by atoms with Gasteiger partial charge in [-0.3, -0.25) is 9.78 Å². The molecule has 0 spiro atoms. The molecule has 0 aliphatic carbocycles. The first-order valence-corrected chi connectivity index (χ1v) is 10.4. The molecule has 1 unspecified atom stereocenters. The molecule has 0 fully saturated rings. The number of nitrogens with one attached hydrogen (secondary N) is 1. The molecule has 0 aliphatic rings. The van der Waals surface area contributed by atoms with Crippen molar-refractivity contribution in [1.29, 1.82) is 0 Å². The lowest BCUT2D eigenvalue weighted by atomic mass is 10.1. The van der Waals surface area contributed by atoms with Crippen LogP contribution in [0.5, 0.6) is 0 Å². The summed E-state index contributed by atoms with van der Waals surface area (Å²) in [5.41, 5.74) is 1.85. The number of carbonyl (C=O) groups excluding carboxylic acids is 1. The van der Waals surface area contributed by atoms with Gasteiger partial charge in [0, 0.05) is 44.4 Å². The smallest absolute Gasteiger partial charge is 0.231 e. The summed E-state index contributed by atoms with van der Waals surface area (Å²) in [6, 6.07) is 13.3. The van der Waals surface area contributed by atoms with Crippen molar-refractivity contribution in [2.45, 2.75) is 11.2 Å². The fraction of sp³-hybridized carbons (Fsp3) is 0.190. The van der Waals surface area contributed by atoms with Crippen LogP contribution < -0.4 is 5.32 Å². The number of thioether (sulfide) groups is 1. The summed E-state index contributed by atoms with van der Waals surface area (Å²) in [4.78, 5) is 21.3. The molecule has 4 aromatic rings. The molecule has 0 radical (unpaired) electrons. The number of amides is 1. The summed E-state index contributed by atoms with van der Waals surface area (Å²) in [6.07, 6.45) is 7.05. The second-order valence-corrected chi connectivity index (χ2v) is 7.65. The highest BCUT2D eigenvalue weighted by Crippen LogP contribution is 2.23. The average Bonchev–Trinajstić information content (AvgIpc) is 3.37. The van der Waals surface area contributed by atoms with Gasteiger partial charge in [0.1, 0.15) is 11.9 Å². The molecule has 152 valence electrons. The summed E-state index contributed by atoms with van der Waals surface area (Å²) in [5.74, 6) is 1.59. The van der Waals surface area contributed by atoms with Gasteiger partial charge in [-0.2, -0.15) is 0 Å². The summed E-state index contributed by atoms with van der Waals surface area (Å²) in [5, 5.41) is 12.2. The van der Waals surface area contributed by atoms with Crippen LogP contribution in [0, 0.1) is 0 Å². The number of imidazole rings is 1. The SMILES string of the molecule is Cn1ccnc1C(NC(=O)CSc1nnc(-c2cccnc2)n1C)c1ccccc1. The highest BCUT2D eigenvalue weighted by Gasteiger charge is 2.21. The zero-order valence-corrected chi connectivity index (χ0v) is 17.5. The predicted octanol–water partition coefficient (Wildman–Crippen LogP) is 2.61. The van der Waals surface area contributed by atoms with Crippen LogP contribution in [0.2, 0.25) is 0 Å². The Hall–Kier alpha value is -3.46. The maximum Gasteiger partial charge on any atom is 0.231 e. The third-order valence-electron chi connectivity index (χ3n) is 4.64. The van der Waals surface area contributed by atoms with E-state index in [1.54, 1.807) is 18.6 Å². The molecule has 1 amide bonds. The van der Waals surface area contributed by atoms with Gasteiger partial charge >= 0.3 is 0 Å². The van der Waals surface area contributed by atoms with Gasteiger partial charge in [-0.1, -0.05) is 42.1 Å². The van der Waals surface area contributed by atoms with Crippen LogP contribution in [0.3, 0.4) is 0 Å². The molecular weight excluding hydrogens is 398 g/mol. The van der Waals surface area contributed by atoms with Crippen LogP contribution >= 0.6 is 11.8 Å². The summed E-state index contributed by atoms with van der Waals surface area (Å²) in [7, 11) is 3.79. The molecule has 0 saturated carbocycles. The average molecular weight is 420 g/mol. The normalized spacial score (nSPS) is 11.9. The van der Waals surface area contributed by atoms with E-state index in [4.69, 9.17) is 0 Å². The number of aromatic nitrogens is 6. The highest BCUT2D eigenvalue weighted by atomic mass is 32.2. The van der Waals surface area contributed by atoms with Gasteiger partial charge < -0.3 is 14.5 Å². The standard InChI is InChI=1S/C21H21N7OS/c1-27-12-11-23-20(27)18(15-7-4-3-5-8-15)24-17(29)14-30-21-26-25-19(28(21)2)16-9-6-10-22-13-16/h3-13,18H,14H2,1-2H3,(H,24,29). The van der Waals surface area contributed by atoms with E-state index in [0.717, 1.165) is 17.0 Å². The van der Waals surface area contributed by atoms with Crippen molar-refractivity contribution < 1.29 is 4.79 Å². The third-order valence-corrected chi connectivity index (χ3v) is 5.66. The molecular formula is C21H21N7OS. The quantitative estimate of drug-likeness (QED) is 0.463. The molecule has 0 saturated heterocycles. The maximum atomic E-state index is 12.8. The Morgan fingerprint density at radius 2 is 1.93 bits per heavy atom. The van der Waals surface area contributed by atoms with Crippen molar-refractivity contribution in [2.75, 3.05) is 5.75 Å². The molecule has 30 heavy (non-hydrogen) atoms. The van der Waals surface area contributed by atoms with Gasteiger partial charge in [-0.25, -0.2) is 4.98 Å². The number of rotatable bonds is 7. The summed E-state index contributed by atoms with van der Waals surface area (Å²) >= 11 is 1.34. The zero-order chi connectivity index (χ0) is 20.9. The number of pyridine rings is 1. The molecule has 0 bridgehead atoms. The Balaban J connectivity index is 1.46. The third kappa shape index (κ3) is 4.25. The largest absolute Gasteiger partial charge is 0.341 e. The van der Waals surface area contributed by atoms with Gasteiger partial charge in [-0.05, 0) is 17.7 Å². The molecule has 8 nitrogen and oxygen atoms in total. The minimum Gasteiger partial charge on any atom is -0.341 e. The minimum absolute atomic E-state index is 0.109. The molecule has 3 heterocycles. The molecule has 4 rings (SSSR count). The van der Waals surface area contributed by atoms with Crippen molar-refractivity contribution in [1.82, 2.24) is 34.6 Å². The summed E-state index contributed by atoms with van der Waals surface area (Å²) < 4.78 is 3.77. The van der Waals surface area contributed by atoms with E-state index in [0.29, 0.717) is 11.0 Å². The van der Waals surface area contributed by atoms with Crippen LogP contribution in [0.1, 0.15) is 17.4 Å². The summed E-state index contributed by atoms with van der Waals surface area (Å²) in [6.45, 7) is 0. The second kappa shape index (κ2) is 8.91. The number of aryl methyl sites for hydroxylation is 1. The van der Waals surface area contributed by atoms with Crippen molar-refractivity contribution in [3.8, 4) is 11.4 Å². The Morgan fingerprint density at radius 1 is 1.10 bits per heavy atom. The number of nitrogens with zero attached hydrogens (tertiary/aromatic N) is 6. The molecule has 9 heteroatoms. The minimum atomic E-state index is -0.329. The van der Waals surface area contributed by atoms with Crippen molar-refractivity contribution in [3.05, 3.63) is 78.6 Å². The van der Waals surface area contributed by atoms with E-state index < -0.39 is 0 Å². The van der Waals surface area contributed by atoms with Gasteiger partial charge in [0.25, 0.3) is 0 Å². The number of benzene rings is 1. The van der Waals surface area contributed by atoms with E-state index in [9.17, 15) is 4.79 Å². The van der Waals surface area contributed by atoms with E-state index in [-0.39, 0.29) is 17.7 Å². The number of hydrogen-bond acceptors (Lipinski definition) is 6. The van der Waals surface area contributed by atoms with E-state index in [1.165, 1.54) is 11.8 Å². The number of carbonyl (C=O) groups is 1. The molecule has 1 N–H and O–H groups in total. The Bertz CT molecular complexity index is 1120. The van der Waals surface area contributed by atoms with Crippen LogP contribution in [0.4, 0.5) is 0 Å². The van der Waals surface area contributed by atoms with Gasteiger partial charge in [0.2, 0.25) is 5.91 Å². The van der Waals surface area contributed by atoms with Gasteiger partial charge in [0.05, 0.1) is 5.75 Å². The fourth-order valence-electron chi connectivity index (χ4n) is 3.12. The van der Waals surface area contributed by atoms with Gasteiger partial charge in [0.15, 0.2) is 11.0 Å². The zero-order valence-electron chi connectivity index (χ0n) is 16.6. The van der Waals surface area contributed by atoms with E-state index in [1.807, 2.05) is 71.9 Å². The van der Waals surface area contributed by atoms with Crippen LogP contribution in [0.25, 0.3) is 11.4 Å². The molecule has 0 aliphatic heterocycles. The van der Waals surface area contributed by atoms with Crippen LogP contribution in [-0.4, -0.2) is 41.0 Å². The highest BCUT2D eigenvalue weighted by molar-refractivity contribution is 7.99. The molecule has 3 aromatic heterocycles. The molecule has 1 aromatic carbocycles. The van der Waals surface area contributed by atoms with E-state index >= 15 is 0 Å². The van der Waals surface area contributed by atoms with Crippen molar-refractivity contribution >= 4 is 17.7 Å².